The summed E-state index contributed by atoms with van der Waals surface area (Å²) < 4.78 is 26.9. The first-order valence-electron chi connectivity index (χ1n) is 7.19. The molecule has 0 heterocycles. The van der Waals surface area contributed by atoms with Gasteiger partial charge in [0.1, 0.15) is 0 Å². The second kappa shape index (κ2) is 7.34. The highest BCUT2D eigenvalue weighted by atomic mass is 32.2. The number of benzene rings is 2. The predicted octanol–water partition coefficient (Wildman–Crippen LogP) is 2.81. The molecule has 0 aliphatic rings. The van der Waals surface area contributed by atoms with Crippen LogP contribution in [0.3, 0.4) is 0 Å². The zero-order valence-electron chi connectivity index (χ0n) is 12.7. The van der Waals surface area contributed by atoms with Crippen molar-refractivity contribution < 1.29 is 13.3 Å². The van der Waals surface area contributed by atoms with E-state index in [2.05, 4.69) is 4.72 Å². The maximum atomic E-state index is 12.2. The fourth-order valence-corrected chi connectivity index (χ4v) is 3.27. The van der Waals surface area contributed by atoms with Gasteiger partial charge in [-0.3, -0.25) is 10.1 Å². The lowest BCUT2D eigenvalue weighted by Crippen LogP contribution is -2.25. The minimum atomic E-state index is -3.74. The first-order chi connectivity index (χ1) is 10.9. The largest absolute Gasteiger partial charge is 0.273 e. The molecule has 7 heteroatoms. The van der Waals surface area contributed by atoms with Crippen LogP contribution in [0, 0.1) is 17.0 Å². The van der Waals surface area contributed by atoms with Crippen LogP contribution < -0.4 is 4.72 Å². The molecule has 2 rings (SSSR count). The van der Waals surface area contributed by atoms with Crippen LogP contribution in [0.5, 0.6) is 0 Å². The lowest BCUT2D eigenvalue weighted by molar-refractivity contribution is -0.385. The lowest BCUT2D eigenvalue weighted by atomic mass is 10.1. The summed E-state index contributed by atoms with van der Waals surface area (Å²) in [7, 11) is -3.74. The highest BCUT2D eigenvalue weighted by Crippen LogP contribution is 2.22. The molecule has 0 radical (unpaired) electrons. The Bertz CT molecular complexity index is 789. The summed E-state index contributed by atoms with van der Waals surface area (Å²) >= 11 is 0. The molecule has 0 amide bonds. The minimum absolute atomic E-state index is 0.0884. The van der Waals surface area contributed by atoms with Crippen molar-refractivity contribution in [3.63, 3.8) is 0 Å². The number of nitrogens with one attached hydrogen (secondary N) is 1. The Kier molecular flexibility index (Phi) is 5.46. The van der Waals surface area contributed by atoms with E-state index in [1.54, 1.807) is 6.92 Å². The number of nitrogens with zero attached hydrogens (tertiary/aromatic N) is 1. The van der Waals surface area contributed by atoms with Gasteiger partial charge in [0.2, 0.25) is 10.0 Å². The molecule has 0 atom stereocenters. The predicted molar refractivity (Wildman–Crippen MR) is 87.8 cm³/mol. The van der Waals surface area contributed by atoms with Crippen molar-refractivity contribution in [3.8, 4) is 0 Å². The van der Waals surface area contributed by atoms with Crippen LogP contribution >= 0.6 is 0 Å². The molecular formula is C16H18N2O4S. The number of nitro benzene ring substituents is 1. The molecule has 0 aromatic heterocycles. The molecule has 0 fully saturated rings. The van der Waals surface area contributed by atoms with Crippen LogP contribution in [0.25, 0.3) is 0 Å². The van der Waals surface area contributed by atoms with Crippen molar-refractivity contribution >= 4 is 15.7 Å². The molecule has 122 valence electrons. The van der Waals surface area contributed by atoms with Gasteiger partial charge in [0.15, 0.2) is 0 Å². The van der Waals surface area contributed by atoms with E-state index in [0.717, 1.165) is 18.1 Å². The average molecular weight is 334 g/mol. The molecule has 1 N–H and O–H groups in total. The third-order valence-electron chi connectivity index (χ3n) is 3.46. The number of hydrogen-bond acceptors (Lipinski definition) is 4. The summed E-state index contributed by atoms with van der Waals surface area (Å²) in [6.07, 6.45) is 1.41. The monoisotopic (exact) mass is 334 g/mol. The van der Waals surface area contributed by atoms with Crippen LogP contribution in [0.15, 0.2) is 53.4 Å². The molecule has 0 saturated carbocycles. The Labute approximate surface area is 135 Å². The van der Waals surface area contributed by atoms with E-state index in [4.69, 9.17) is 0 Å². The van der Waals surface area contributed by atoms with Gasteiger partial charge in [-0.05, 0) is 31.4 Å². The van der Waals surface area contributed by atoms with Crippen LogP contribution in [0.1, 0.15) is 17.5 Å². The van der Waals surface area contributed by atoms with Crippen molar-refractivity contribution in [2.75, 3.05) is 6.54 Å². The molecule has 23 heavy (non-hydrogen) atoms. The van der Waals surface area contributed by atoms with Gasteiger partial charge in [-0.1, -0.05) is 36.4 Å². The van der Waals surface area contributed by atoms with Crippen molar-refractivity contribution in [1.29, 1.82) is 0 Å². The second-order valence-electron chi connectivity index (χ2n) is 5.19. The standard InChI is InChI=1S/C16H18N2O4S/c1-13-9-10-15(12-16(13)18(19)20)23(21,22)17-11-5-8-14-6-3-2-4-7-14/h2-4,6-7,9-10,12,17H,5,8,11H2,1H3. The van der Waals surface area contributed by atoms with Gasteiger partial charge in [-0.25, -0.2) is 13.1 Å². The summed E-state index contributed by atoms with van der Waals surface area (Å²) in [5, 5.41) is 10.9. The van der Waals surface area contributed by atoms with E-state index < -0.39 is 14.9 Å². The highest BCUT2D eigenvalue weighted by molar-refractivity contribution is 7.89. The summed E-state index contributed by atoms with van der Waals surface area (Å²) in [4.78, 5) is 10.2. The number of rotatable bonds is 7. The van der Waals surface area contributed by atoms with Gasteiger partial charge in [0.25, 0.3) is 5.69 Å². The second-order valence-corrected chi connectivity index (χ2v) is 6.96. The fourth-order valence-electron chi connectivity index (χ4n) is 2.18. The molecule has 2 aromatic rings. The summed E-state index contributed by atoms with van der Waals surface area (Å²) in [5.74, 6) is 0. The molecular weight excluding hydrogens is 316 g/mol. The molecule has 0 saturated heterocycles. The minimum Gasteiger partial charge on any atom is -0.258 e. The normalized spacial score (nSPS) is 11.3. The van der Waals surface area contributed by atoms with E-state index in [0.29, 0.717) is 12.0 Å². The number of hydrogen-bond donors (Lipinski definition) is 1. The third kappa shape index (κ3) is 4.61. The summed E-state index contributed by atoms with van der Waals surface area (Å²) in [5.41, 5.74) is 1.37. The quantitative estimate of drug-likeness (QED) is 0.479. The Hall–Kier alpha value is -2.25. The number of nitro groups is 1. The van der Waals surface area contributed by atoms with Crippen molar-refractivity contribution in [1.82, 2.24) is 4.72 Å². The van der Waals surface area contributed by atoms with Gasteiger partial charge < -0.3 is 0 Å². The van der Waals surface area contributed by atoms with Gasteiger partial charge in [0.05, 0.1) is 9.82 Å². The van der Waals surface area contributed by atoms with Crippen LogP contribution in [0.2, 0.25) is 0 Å². The molecule has 0 unspecified atom stereocenters. The van der Waals surface area contributed by atoms with E-state index in [-0.39, 0.29) is 17.1 Å². The molecule has 6 nitrogen and oxygen atoms in total. The smallest absolute Gasteiger partial charge is 0.258 e. The lowest BCUT2D eigenvalue weighted by Gasteiger charge is -2.07. The molecule has 0 spiro atoms. The Morgan fingerprint density at radius 1 is 1.13 bits per heavy atom. The Morgan fingerprint density at radius 3 is 2.48 bits per heavy atom. The summed E-state index contributed by atoms with van der Waals surface area (Å²) in [6.45, 7) is 1.85. The van der Waals surface area contributed by atoms with E-state index >= 15 is 0 Å². The molecule has 0 aliphatic carbocycles. The van der Waals surface area contributed by atoms with Gasteiger partial charge in [0, 0.05) is 18.2 Å². The molecule has 0 aliphatic heterocycles. The Morgan fingerprint density at radius 2 is 1.83 bits per heavy atom. The van der Waals surface area contributed by atoms with E-state index in [1.807, 2.05) is 30.3 Å². The van der Waals surface area contributed by atoms with Crippen molar-refractivity contribution in [2.24, 2.45) is 0 Å². The SMILES string of the molecule is Cc1ccc(S(=O)(=O)NCCCc2ccccc2)cc1[N+](=O)[O-]. The van der Waals surface area contributed by atoms with E-state index in [9.17, 15) is 18.5 Å². The number of sulfonamides is 1. The summed E-state index contributed by atoms with van der Waals surface area (Å²) in [6, 6.07) is 13.7. The average Bonchev–Trinajstić information content (AvgIpc) is 2.52. The van der Waals surface area contributed by atoms with Crippen molar-refractivity contribution in [3.05, 3.63) is 69.8 Å². The third-order valence-corrected chi connectivity index (χ3v) is 4.92. The topological polar surface area (TPSA) is 89.3 Å². The number of aryl methyl sites for hydroxylation is 2. The fraction of sp³-hybridized carbons (Fsp3) is 0.250. The molecule has 2 aromatic carbocycles. The van der Waals surface area contributed by atoms with Crippen LogP contribution in [-0.2, 0) is 16.4 Å². The van der Waals surface area contributed by atoms with Crippen molar-refractivity contribution in [2.45, 2.75) is 24.7 Å². The Balaban J connectivity index is 1.99. The first-order valence-corrected chi connectivity index (χ1v) is 8.67. The zero-order valence-corrected chi connectivity index (χ0v) is 13.5. The maximum absolute atomic E-state index is 12.2. The van der Waals surface area contributed by atoms with Gasteiger partial charge >= 0.3 is 0 Å². The maximum Gasteiger partial charge on any atom is 0.273 e. The highest BCUT2D eigenvalue weighted by Gasteiger charge is 2.19. The first kappa shape index (κ1) is 17.1. The zero-order chi connectivity index (χ0) is 16.9. The van der Waals surface area contributed by atoms with Gasteiger partial charge in [-0.15, -0.1) is 0 Å². The van der Waals surface area contributed by atoms with Gasteiger partial charge in [-0.2, -0.15) is 0 Å². The van der Waals surface area contributed by atoms with Crippen LogP contribution in [0.4, 0.5) is 5.69 Å². The molecule has 0 bridgehead atoms. The van der Waals surface area contributed by atoms with Crippen LogP contribution in [-0.4, -0.2) is 19.9 Å². The van der Waals surface area contributed by atoms with E-state index in [1.165, 1.54) is 12.1 Å².